The van der Waals surface area contributed by atoms with Crippen LogP contribution in [-0.2, 0) is 11.3 Å². The Morgan fingerprint density at radius 3 is 3.00 bits per heavy atom. The Balaban J connectivity index is 1.62. The number of benzene rings is 1. The smallest absolute Gasteiger partial charge is 0.407 e. The third kappa shape index (κ3) is 3.43. The van der Waals surface area contributed by atoms with Crippen LogP contribution in [0.5, 0.6) is 5.75 Å². The summed E-state index contributed by atoms with van der Waals surface area (Å²) in [5.41, 5.74) is 1.11. The zero-order valence-corrected chi connectivity index (χ0v) is 12.6. The SMILES string of the molecule is O=C1NCC(COc2c(Br)cccc2CNC2CC2)O1. The molecule has 20 heavy (non-hydrogen) atoms. The molecule has 3 rings (SSSR count). The first-order valence-corrected chi connectivity index (χ1v) is 7.60. The third-order valence-corrected chi connectivity index (χ3v) is 3.99. The molecule has 1 aromatic rings. The van der Waals surface area contributed by atoms with Crippen molar-refractivity contribution in [2.24, 2.45) is 0 Å². The van der Waals surface area contributed by atoms with Gasteiger partial charge in [0.15, 0.2) is 6.10 Å². The summed E-state index contributed by atoms with van der Waals surface area (Å²) in [6, 6.07) is 6.66. The standard InChI is InChI=1S/C14H17BrN2O3/c15-12-3-1-2-9(6-16-10-4-5-10)13(12)19-8-11-7-17-14(18)20-11/h1-3,10-11,16H,4-8H2,(H,17,18). The monoisotopic (exact) mass is 340 g/mol. The summed E-state index contributed by atoms with van der Waals surface area (Å²) in [6.45, 7) is 1.65. The fourth-order valence-corrected chi connectivity index (χ4v) is 2.62. The summed E-state index contributed by atoms with van der Waals surface area (Å²) in [6.07, 6.45) is 1.92. The van der Waals surface area contributed by atoms with Crippen molar-refractivity contribution in [3.63, 3.8) is 0 Å². The Kier molecular flexibility index (Phi) is 4.12. The Labute approximate surface area is 126 Å². The van der Waals surface area contributed by atoms with Crippen molar-refractivity contribution in [3.05, 3.63) is 28.2 Å². The second kappa shape index (κ2) is 6.01. The van der Waals surface area contributed by atoms with Gasteiger partial charge in [-0.15, -0.1) is 0 Å². The summed E-state index contributed by atoms with van der Waals surface area (Å²) < 4.78 is 11.8. The number of hydrogen-bond acceptors (Lipinski definition) is 4. The largest absolute Gasteiger partial charge is 0.488 e. The molecule has 2 aliphatic rings. The summed E-state index contributed by atoms with van der Waals surface area (Å²) in [5, 5.41) is 6.10. The minimum atomic E-state index is -0.374. The topological polar surface area (TPSA) is 59.6 Å². The van der Waals surface area contributed by atoms with E-state index in [1.807, 2.05) is 18.2 Å². The maximum Gasteiger partial charge on any atom is 0.407 e. The molecule has 0 bridgehead atoms. The first kappa shape index (κ1) is 13.7. The van der Waals surface area contributed by atoms with Crippen LogP contribution in [0.3, 0.4) is 0 Å². The number of rotatable bonds is 6. The van der Waals surface area contributed by atoms with Gasteiger partial charge in [-0.05, 0) is 34.8 Å². The van der Waals surface area contributed by atoms with Gasteiger partial charge < -0.3 is 20.1 Å². The molecule has 1 aromatic carbocycles. The van der Waals surface area contributed by atoms with E-state index in [1.165, 1.54) is 12.8 Å². The lowest BCUT2D eigenvalue weighted by Crippen LogP contribution is -2.23. The minimum Gasteiger partial charge on any atom is -0.488 e. The molecule has 2 N–H and O–H groups in total. The van der Waals surface area contributed by atoms with Crippen molar-refractivity contribution in [2.45, 2.75) is 31.5 Å². The summed E-state index contributed by atoms with van der Waals surface area (Å²) >= 11 is 3.52. The molecule has 1 heterocycles. The third-order valence-electron chi connectivity index (χ3n) is 3.37. The lowest BCUT2D eigenvalue weighted by molar-refractivity contribution is 0.104. The Bertz CT molecular complexity index is 505. The highest BCUT2D eigenvalue weighted by Gasteiger charge is 2.24. The van der Waals surface area contributed by atoms with Crippen LogP contribution in [0, 0.1) is 0 Å². The molecule has 1 unspecified atom stereocenters. The molecule has 1 atom stereocenters. The van der Waals surface area contributed by atoms with Crippen LogP contribution in [0.2, 0.25) is 0 Å². The van der Waals surface area contributed by atoms with E-state index in [-0.39, 0.29) is 12.2 Å². The number of alkyl carbamates (subject to hydrolysis) is 1. The van der Waals surface area contributed by atoms with Gasteiger partial charge in [0.1, 0.15) is 12.4 Å². The number of cyclic esters (lactones) is 1. The van der Waals surface area contributed by atoms with E-state index < -0.39 is 0 Å². The fraction of sp³-hybridized carbons (Fsp3) is 0.500. The van der Waals surface area contributed by atoms with Gasteiger partial charge in [-0.1, -0.05) is 12.1 Å². The molecule has 5 nitrogen and oxygen atoms in total. The van der Waals surface area contributed by atoms with E-state index in [0.29, 0.717) is 19.2 Å². The van der Waals surface area contributed by atoms with E-state index in [9.17, 15) is 4.79 Å². The molecule has 0 aromatic heterocycles. The highest BCUT2D eigenvalue weighted by atomic mass is 79.9. The summed E-state index contributed by atoms with van der Waals surface area (Å²) in [4.78, 5) is 11.0. The number of para-hydroxylation sites is 1. The Hall–Kier alpha value is -1.27. The lowest BCUT2D eigenvalue weighted by Gasteiger charge is -2.15. The number of nitrogens with one attached hydrogen (secondary N) is 2. The number of carbonyl (C=O) groups is 1. The number of carbonyl (C=O) groups excluding carboxylic acids is 1. The van der Waals surface area contributed by atoms with Crippen LogP contribution < -0.4 is 15.4 Å². The molecular weight excluding hydrogens is 324 g/mol. The van der Waals surface area contributed by atoms with Crippen LogP contribution >= 0.6 is 15.9 Å². The fourth-order valence-electron chi connectivity index (χ4n) is 2.10. The van der Waals surface area contributed by atoms with Gasteiger partial charge >= 0.3 is 6.09 Å². The van der Waals surface area contributed by atoms with Crippen LogP contribution in [0.4, 0.5) is 4.79 Å². The van der Waals surface area contributed by atoms with E-state index in [1.54, 1.807) is 0 Å². The average Bonchev–Trinajstić information content (AvgIpc) is 3.17. The van der Waals surface area contributed by atoms with Crippen molar-refractivity contribution in [2.75, 3.05) is 13.2 Å². The van der Waals surface area contributed by atoms with Crippen LogP contribution in [0.1, 0.15) is 18.4 Å². The molecule has 1 saturated heterocycles. The quantitative estimate of drug-likeness (QED) is 0.833. The van der Waals surface area contributed by atoms with Crippen molar-refractivity contribution < 1.29 is 14.3 Å². The zero-order chi connectivity index (χ0) is 13.9. The maximum absolute atomic E-state index is 11.0. The highest BCUT2D eigenvalue weighted by molar-refractivity contribution is 9.10. The van der Waals surface area contributed by atoms with E-state index in [4.69, 9.17) is 9.47 Å². The molecule has 2 fully saturated rings. The second-order valence-corrected chi connectivity index (χ2v) is 5.96. The van der Waals surface area contributed by atoms with Gasteiger partial charge in [-0.2, -0.15) is 0 Å². The maximum atomic E-state index is 11.0. The van der Waals surface area contributed by atoms with Crippen molar-refractivity contribution in [1.29, 1.82) is 0 Å². The molecule has 1 aliphatic heterocycles. The molecular formula is C14H17BrN2O3. The predicted molar refractivity (Wildman–Crippen MR) is 77.8 cm³/mol. The second-order valence-electron chi connectivity index (χ2n) is 5.10. The Morgan fingerprint density at radius 2 is 2.30 bits per heavy atom. The van der Waals surface area contributed by atoms with Crippen LogP contribution in [-0.4, -0.2) is 31.4 Å². The van der Waals surface area contributed by atoms with Crippen LogP contribution in [0.15, 0.2) is 22.7 Å². The number of halogens is 1. The molecule has 6 heteroatoms. The summed E-state index contributed by atoms with van der Waals surface area (Å²) in [7, 11) is 0. The van der Waals surface area contributed by atoms with Crippen molar-refractivity contribution in [3.8, 4) is 5.75 Å². The molecule has 0 spiro atoms. The van der Waals surface area contributed by atoms with Gasteiger partial charge in [0.2, 0.25) is 0 Å². The average molecular weight is 341 g/mol. The first-order chi connectivity index (χ1) is 9.72. The predicted octanol–water partition coefficient (Wildman–Crippen LogP) is 2.19. The number of ether oxygens (including phenoxy) is 2. The van der Waals surface area contributed by atoms with Crippen LogP contribution in [0.25, 0.3) is 0 Å². The summed E-state index contributed by atoms with van der Waals surface area (Å²) in [5.74, 6) is 0.823. The molecule has 108 valence electrons. The molecule has 1 saturated carbocycles. The Morgan fingerprint density at radius 1 is 1.45 bits per heavy atom. The van der Waals surface area contributed by atoms with Crippen molar-refractivity contribution >= 4 is 22.0 Å². The molecule has 1 aliphatic carbocycles. The minimum absolute atomic E-state index is 0.223. The zero-order valence-electron chi connectivity index (χ0n) is 11.0. The normalized spacial score (nSPS) is 21.4. The van der Waals surface area contributed by atoms with Gasteiger partial charge in [0.25, 0.3) is 0 Å². The first-order valence-electron chi connectivity index (χ1n) is 6.80. The van der Waals surface area contributed by atoms with Gasteiger partial charge in [0.05, 0.1) is 11.0 Å². The lowest BCUT2D eigenvalue weighted by atomic mass is 10.2. The molecule has 0 radical (unpaired) electrons. The molecule has 1 amide bonds. The van der Waals surface area contributed by atoms with E-state index in [0.717, 1.165) is 22.3 Å². The van der Waals surface area contributed by atoms with E-state index >= 15 is 0 Å². The van der Waals surface area contributed by atoms with Gasteiger partial charge in [0, 0.05) is 18.2 Å². The van der Waals surface area contributed by atoms with E-state index in [2.05, 4.69) is 26.6 Å². The van der Waals surface area contributed by atoms with Gasteiger partial charge in [-0.3, -0.25) is 0 Å². The highest BCUT2D eigenvalue weighted by Crippen LogP contribution is 2.30. The van der Waals surface area contributed by atoms with Gasteiger partial charge in [-0.25, -0.2) is 4.79 Å². The number of amides is 1. The van der Waals surface area contributed by atoms with Crippen molar-refractivity contribution in [1.82, 2.24) is 10.6 Å². The number of hydrogen-bond donors (Lipinski definition) is 2.